The highest BCUT2D eigenvalue weighted by molar-refractivity contribution is 14.1. The molecule has 2 N–H and O–H groups in total. The van der Waals surface area contributed by atoms with Crippen molar-refractivity contribution in [1.82, 2.24) is 9.97 Å². The largest absolute Gasteiger partial charge is 0.370 e. The normalized spacial score (nSPS) is 10.3. The molecule has 100 valence electrons. The van der Waals surface area contributed by atoms with Crippen LogP contribution in [0.2, 0.25) is 0 Å². The molecule has 0 spiro atoms. The smallest absolute Gasteiger partial charge is 0.136 e. The third-order valence-electron chi connectivity index (χ3n) is 2.39. The topological polar surface area (TPSA) is 49.8 Å². The first-order chi connectivity index (χ1) is 9.08. The summed E-state index contributed by atoms with van der Waals surface area (Å²) in [7, 11) is 0. The number of nitrogens with one attached hydrogen (secondary N) is 2. The number of nitrogens with zero attached hydrogens (tertiary/aromatic N) is 2. The molecule has 2 rings (SSSR count). The lowest BCUT2D eigenvalue weighted by Crippen LogP contribution is -2.04. The van der Waals surface area contributed by atoms with E-state index in [1.54, 1.807) is 6.07 Å². The summed E-state index contributed by atoms with van der Waals surface area (Å²) in [4.78, 5) is 8.59. The molecule has 0 atom stereocenters. The Morgan fingerprint density at radius 1 is 1.21 bits per heavy atom. The first-order valence-electron chi connectivity index (χ1n) is 5.90. The lowest BCUT2D eigenvalue weighted by atomic mass is 10.3. The molecule has 0 radical (unpaired) electrons. The van der Waals surface area contributed by atoms with Crippen LogP contribution in [0.4, 0.5) is 21.7 Å². The van der Waals surface area contributed by atoms with E-state index >= 15 is 0 Å². The van der Waals surface area contributed by atoms with Crippen LogP contribution in [0.3, 0.4) is 0 Å². The molecule has 1 aromatic carbocycles. The van der Waals surface area contributed by atoms with Crippen LogP contribution >= 0.6 is 22.6 Å². The van der Waals surface area contributed by atoms with Gasteiger partial charge in [0.2, 0.25) is 0 Å². The molecule has 4 nitrogen and oxygen atoms in total. The minimum atomic E-state index is -0.248. The lowest BCUT2D eigenvalue weighted by molar-refractivity contribution is 0.627. The van der Waals surface area contributed by atoms with E-state index in [2.05, 4.69) is 43.2 Å². The van der Waals surface area contributed by atoms with Gasteiger partial charge in [0, 0.05) is 16.2 Å². The van der Waals surface area contributed by atoms with Crippen LogP contribution in [0.1, 0.15) is 12.7 Å². The molecule has 0 fully saturated rings. The van der Waals surface area contributed by atoms with Gasteiger partial charge in [-0.25, -0.2) is 14.4 Å². The van der Waals surface area contributed by atoms with Gasteiger partial charge < -0.3 is 10.6 Å². The molecule has 0 aliphatic rings. The third-order valence-corrected chi connectivity index (χ3v) is 3.28. The zero-order valence-electron chi connectivity index (χ0n) is 10.7. The van der Waals surface area contributed by atoms with Crippen LogP contribution < -0.4 is 10.6 Å². The first-order valence-corrected chi connectivity index (χ1v) is 6.98. The number of anilines is 3. The Labute approximate surface area is 125 Å². The Bertz CT molecular complexity index is 589. The summed E-state index contributed by atoms with van der Waals surface area (Å²) in [5, 5.41) is 6.32. The highest BCUT2D eigenvalue weighted by Crippen LogP contribution is 2.23. The van der Waals surface area contributed by atoms with Gasteiger partial charge in [0.1, 0.15) is 23.3 Å². The second-order valence-electron chi connectivity index (χ2n) is 3.97. The maximum Gasteiger partial charge on any atom is 0.136 e. The molecule has 1 aromatic heterocycles. The number of benzene rings is 1. The molecule has 0 unspecified atom stereocenters. The highest BCUT2D eigenvalue weighted by Gasteiger charge is 2.05. The minimum absolute atomic E-state index is 0.248. The van der Waals surface area contributed by atoms with Gasteiger partial charge in [0.05, 0.1) is 5.69 Å². The van der Waals surface area contributed by atoms with E-state index in [9.17, 15) is 4.39 Å². The summed E-state index contributed by atoms with van der Waals surface area (Å²) in [6.45, 7) is 4.64. The molecular weight excluding hydrogens is 358 g/mol. The van der Waals surface area contributed by atoms with Crippen molar-refractivity contribution in [2.45, 2.75) is 13.8 Å². The molecule has 1 heterocycles. The fourth-order valence-corrected chi connectivity index (χ4v) is 2.24. The zero-order valence-corrected chi connectivity index (χ0v) is 12.8. The molecular formula is C13H14FIN4. The standard InChI is InChI=1S/C13H14FIN4/c1-3-16-12-7-13(18-8(2)17-12)19-11-5-4-9(14)6-10(11)15/h4-7H,3H2,1-2H3,(H2,16,17,18,19). The number of rotatable bonds is 4. The minimum Gasteiger partial charge on any atom is -0.370 e. The van der Waals surface area contributed by atoms with Gasteiger partial charge in [-0.2, -0.15) is 0 Å². The molecule has 0 amide bonds. The van der Waals surface area contributed by atoms with E-state index in [1.807, 2.05) is 19.9 Å². The predicted molar refractivity (Wildman–Crippen MR) is 83.3 cm³/mol. The summed E-state index contributed by atoms with van der Waals surface area (Å²) in [6.07, 6.45) is 0. The van der Waals surface area contributed by atoms with E-state index in [-0.39, 0.29) is 5.82 Å². The summed E-state index contributed by atoms with van der Waals surface area (Å²) >= 11 is 2.09. The molecule has 0 bridgehead atoms. The van der Waals surface area contributed by atoms with Crippen molar-refractivity contribution in [3.05, 3.63) is 39.5 Å². The number of aryl methyl sites for hydroxylation is 1. The van der Waals surface area contributed by atoms with Crippen LogP contribution in [0.25, 0.3) is 0 Å². The van der Waals surface area contributed by atoms with Crippen molar-refractivity contribution in [3.63, 3.8) is 0 Å². The van der Waals surface area contributed by atoms with Crippen molar-refractivity contribution in [1.29, 1.82) is 0 Å². The van der Waals surface area contributed by atoms with Crippen LogP contribution in [0, 0.1) is 16.3 Å². The zero-order chi connectivity index (χ0) is 13.8. The maximum absolute atomic E-state index is 13.0. The fourth-order valence-electron chi connectivity index (χ4n) is 1.63. The van der Waals surface area contributed by atoms with E-state index in [0.29, 0.717) is 11.6 Å². The SMILES string of the molecule is CCNc1cc(Nc2ccc(F)cc2I)nc(C)n1. The third kappa shape index (κ3) is 3.76. The molecule has 0 saturated carbocycles. The quantitative estimate of drug-likeness (QED) is 0.804. The first kappa shape index (κ1) is 14.0. The monoisotopic (exact) mass is 372 g/mol. The van der Waals surface area contributed by atoms with Gasteiger partial charge in [0.25, 0.3) is 0 Å². The van der Waals surface area contributed by atoms with Gasteiger partial charge in [0.15, 0.2) is 0 Å². The number of halogens is 2. The van der Waals surface area contributed by atoms with E-state index in [0.717, 1.165) is 21.6 Å². The van der Waals surface area contributed by atoms with Gasteiger partial charge in [-0.1, -0.05) is 0 Å². The Morgan fingerprint density at radius 2 is 1.95 bits per heavy atom. The average Bonchev–Trinajstić information content (AvgIpc) is 2.32. The maximum atomic E-state index is 13.0. The predicted octanol–water partition coefficient (Wildman–Crippen LogP) is 3.70. The molecule has 19 heavy (non-hydrogen) atoms. The van der Waals surface area contributed by atoms with Crippen LogP contribution in [0.15, 0.2) is 24.3 Å². The number of aromatic nitrogens is 2. The van der Waals surface area contributed by atoms with Gasteiger partial charge in [-0.05, 0) is 54.6 Å². The molecule has 2 aromatic rings. The Morgan fingerprint density at radius 3 is 2.63 bits per heavy atom. The van der Waals surface area contributed by atoms with Crippen molar-refractivity contribution < 1.29 is 4.39 Å². The second kappa shape index (κ2) is 6.14. The van der Waals surface area contributed by atoms with Crippen LogP contribution in [-0.4, -0.2) is 16.5 Å². The molecule has 0 aliphatic carbocycles. The Balaban J connectivity index is 2.27. The number of hydrogen-bond acceptors (Lipinski definition) is 4. The fraction of sp³-hybridized carbons (Fsp3) is 0.231. The summed E-state index contributed by atoms with van der Waals surface area (Å²) in [6, 6.07) is 6.42. The van der Waals surface area contributed by atoms with Crippen molar-refractivity contribution >= 4 is 39.9 Å². The van der Waals surface area contributed by atoms with E-state index in [4.69, 9.17) is 0 Å². The van der Waals surface area contributed by atoms with Gasteiger partial charge in [-0.3, -0.25) is 0 Å². The van der Waals surface area contributed by atoms with Crippen molar-refractivity contribution in [3.8, 4) is 0 Å². The summed E-state index contributed by atoms with van der Waals surface area (Å²) < 4.78 is 13.9. The van der Waals surface area contributed by atoms with E-state index in [1.165, 1.54) is 12.1 Å². The second-order valence-corrected chi connectivity index (χ2v) is 5.13. The van der Waals surface area contributed by atoms with Crippen LogP contribution in [0.5, 0.6) is 0 Å². The molecule has 0 saturated heterocycles. The Kier molecular flexibility index (Phi) is 4.52. The summed E-state index contributed by atoms with van der Waals surface area (Å²) in [5.74, 6) is 1.89. The van der Waals surface area contributed by atoms with Crippen molar-refractivity contribution in [2.24, 2.45) is 0 Å². The summed E-state index contributed by atoms with van der Waals surface area (Å²) in [5.41, 5.74) is 0.822. The molecule has 6 heteroatoms. The highest BCUT2D eigenvalue weighted by atomic mass is 127. The van der Waals surface area contributed by atoms with Crippen LogP contribution in [-0.2, 0) is 0 Å². The number of hydrogen-bond donors (Lipinski definition) is 2. The molecule has 0 aliphatic heterocycles. The van der Waals surface area contributed by atoms with Gasteiger partial charge >= 0.3 is 0 Å². The Hall–Kier alpha value is -1.44. The van der Waals surface area contributed by atoms with Crippen molar-refractivity contribution in [2.75, 3.05) is 17.2 Å². The van der Waals surface area contributed by atoms with Gasteiger partial charge in [-0.15, -0.1) is 0 Å². The lowest BCUT2D eigenvalue weighted by Gasteiger charge is -2.10. The average molecular weight is 372 g/mol. The van der Waals surface area contributed by atoms with E-state index < -0.39 is 0 Å².